The quantitative estimate of drug-likeness (QED) is 0.829. The number of carboxylic acid groups (broad SMARTS) is 1. The molecule has 0 radical (unpaired) electrons. The van der Waals surface area contributed by atoms with E-state index in [1.165, 1.54) is 12.8 Å². The molecule has 3 aliphatic rings. The third kappa shape index (κ3) is 2.28. The van der Waals surface area contributed by atoms with Crippen molar-refractivity contribution in [2.45, 2.75) is 50.7 Å². The van der Waals surface area contributed by atoms with E-state index in [2.05, 4.69) is 4.90 Å². The summed E-state index contributed by atoms with van der Waals surface area (Å²) in [5.74, 6) is 0.430. The fraction of sp³-hybridized carbons (Fsp3) is 0.929. The van der Waals surface area contributed by atoms with Gasteiger partial charge in [-0.15, -0.1) is 0 Å². The fourth-order valence-electron chi connectivity index (χ4n) is 4.14. The van der Waals surface area contributed by atoms with E-state index in [0.717, 1.165) is 45.4 Å². The number of carboxylic acids is 1. The van der Waals surface area contributed by atoms with Crippen molar-refractivity contribution >= 4 is 5.97 Å². The summed E-state index contributed by atoms with van der Waals surface area (Å²) in [5.41, 5.74) is 0. The molecule has 4 nitrogen and oxygen atoms in total. The molecule has 0 aromatic carbocycles. The molecule has 2 saturated heterocycles. The maximum Gasteiger partial charge on any atom is 0.321 e. The third-order valence-electron chi connectivity index (χ3n) is 5.00. The van der Waals surface area contributed by atoms with Gasteiger partial charge in [-0.3, -0.25) is 9.69 Å². The Kier molecular flexibility index (Phi) is 3.57. The van der Waals surface area contributed by atoms with Crippen LogP contribution in [-0.4, -0.2) is 47.8 Å². The fourth-order valence-corrected chi connectivity index (χ4v) is 4.14. The van der Waals surface area contributed by atoms with Crippen LogP contribution in [0.5, 0.6) is 0 Å². The highest BCUT2D eigenvalue weighted by Crippen LogP contribution is 2.42. The Hall–Kier alpha value is -0.610. The predicted molar refractivity (Wildman–Crippen MR) is 67.4 cm³/mol. The number of likely N-dealkylation sites (tertiary alicyclic amines) is 1. The molecular weight excluding hydrogens is 230 g/mol. The first-order valence-corrected chi connectivity index (χ1v) is 7.34. The van der Waals surface area contributed by atoms with E-state index in [9.17, 15) is 9.90 Å². The molecule has 1 N–H and O–H groups in total. The van der Waals surface area contributed by atoms with Gasteiger partial charge in [-0.1, -0.05) is 6.42 Å². The van der Waals surface area contributed by atoms with Gasteiger partial charge < -0.3 is 9.84 Å². The van der Waals surface area contributed by atoms with Crippen molar-refractivity contribution in [1.29, 1.82) is 0 Å². The van der Waals surface area contributed by atoms with Gasteiger partial charge in [0.05, 0.1) is 6.10 Å². The summed E-state index contributed by atoms with van der Waals surface area (Å²) in [7, 11) is 0. The number of fused-ring (bicyclic) bond motifs is 1. The molecular formula is C14H23NO3. The summed E-state index contributed by atoms with van der Waals surface area (Å²) >= 11 is 0. The van der Waals surface area contributed by atoms with E-state index >= 15 is 0 Å². The Morgan fingerprint density at radius 1 is 1.28 bits per heavy atom. The van der Waals surface area contributed by atoms with Crippen molar-refractivity contribution in [1.82, 2.24) is 4.90 Å². The van der Waals surface area contributed by atoms with Crippen molar-refractivity contribution in [3.05, 3.63) is 0 Å². The van der Waals surface area contributed by atoms with Gasteiger partial charge in [-0.25, -0.2) is 0 Å². The van der Waals surface area contributed by atoms with Gasteiger partial charge in [0, 0.05) is 19.7 Å². The number of hydrogen-bond donors (Lipinski definition) is 1. The first kappa shape index (κ1) is 12.4. The average Bonchev–Trinajstić information content (AvgIpc) is 3.01. The van der Waals surface area contributed by atoms with E-state index in [-0.39, 0.29) is 6.04 Å². The molecule has 3 rings (SSSR count). The van der Waals surface area contributed by atoms with Crippen LogP contribution in [0.15, 0.2) is 0 Å². The molecule has 0 spiro atoms. The van der Waals surface area contributed by atoms with Crippen LogP contribution >= 0.6 is 0 Å². The smallest absolute Gasteiger partial charge is 0.321 e. The highest BCUT2D eigenvalue weighted by Gasteiger charge is 2.47. The lowest BCUT2D eigenvalue weighted by molar-refractivity contribution is -0.143. The molecule has 0 aromatic rings. The summed E-state index contributed by atoms with van der Waals surface area (Å²) in [5, 5.41) is 9.45. The first-order chi connectivity index (χ1) is 8.75. The summed E-state index contributed by atoms with van der Waals surface area (Å²) in [6, 6.07) is -0.223. The zero-order chi connectivity index (χ0) is 12.5. The SMILES string of the molecule is O=C(O)C1C2CCCC2CN1CCC1CCCO1. The third-order valence-corrected chi connectivity index (χ3v) is 5.00. The van der Waals surface area contributed by atoms with Crippen molar-refractivity contribution in [2.24, 2.45) is 11.8 Å². The molecule has 0 aromatic heterocycles. The normalized spacial score (nSPS) is 40.2. The minimum Gasteiger partial charge on any atom is -0.480 e. The first-order valence-electron chi connectivity index (χ1n) is 7.34. The maximum atomic E-state index is 11.5. The Balaban J connectivity index is 1.58. The van der Waals surface area contributed by atoms with Gasteiger partial charge in [0.2, 0.25) is 0 Å². The topological polar surface area (TPSA) is 49.8 Å². The van der Waals surface area contributed by atoms with E-state index in [0.29, 0.717) is 17.9 Å². The number of nitrogens with zero attached hydrogens (tertiary/aromatic N) is 1. The van der Waals surface area contributed by atoms with Gasteiger partial charge >= 0.3 is 5.97 Å². The average molecular weight is 253 g/mol. The van der Waals surface area contributed by atoms with Crippen LogP contribution < -0.4 is 0 Å². The van der Waals surface area contributed by atoms with E-state index in [1.807, 2.05) is 0 Å². The number of carbonyl (C=O) groups is 1. The van der Waals surface area contributed by atoms with Crippen LogP contribution in [0.2, 0.25) is 0 Å². The summed E-state index contributed by atoms with van der Waals surface area (Å²) in [6.07, 6.45) is 7.25. The lowest BCUT2D eigenvalue weighted by Crippen LogP contribution is -2.40. The number of aliphatic carboxylic acids is 1. The molecule has 102 valence electrons. The molecule has 4 unspecified atom stereocenters. The lowest BCUT2D eigenvalue weighted by Gasteiger charge is -2.25. The molecule has 0 amide bonds. The summed E-state index contributed by atoms with van der Waals surface area (Å²) in [4.78, 5) is 13.7. The number of rotatable bonds is 4. The summed E-state index contributed by atoms with van der Waals surface area (Å²) < 4.78 is 5.63. The van der Waals surface area contributed by atoms with Crippen molar-refractivity contribution in [2.75, 3.05) is 19.7 Å². The maximum absolute atomic E-state index is 11.5. The van der Waals surface area contributed by atoms with Gasteiger partial charge in [-0.2, -0.15) is 0 Å². The Labute approximate surface area is 108 Å². The van der Waals surface area contributed by atoms with Gasteiger partial charge in [0.25, 0.3) is 0 Å². The van der Waals surface area contributed by atoms with Crippen molar-refractivity contribution in [3.8, 4) is 0 Å². The van der Waals surface area contributed by atoms with Crippen LogP contribution in [0.25, 0.3) is 0 Å². The Morgan fingerprint density at radius 2 is 2.17 bits per heavy atom. The van der Waals surface area contributed by atoms with E-state index in [4.69, 9.17) is 4.74 Å². The highest BCUT2D eigenvalue weighted by atomic mass is 16.5. The van der Waals surface area contributed by atoms with Gasteiger partial charge in [0.1, 0.15) is 6.04 Å². The van der Waals surface area contributed by atoms with Crippen LogP contribution in [0.1, 0.15) is 38.5 Å². The zero-order valence-corrected chi connectivity index (χ0v) is 10.9. The van der Waals surface area contributed by atoms with E-state index < -0.39 is 5.97 Å². The summed E-state index contributed by atoms with van der Waals surface area (Å²) in [6.45, 7) is 2.78. The van der Waals surface area contributed by atoms with Crippen LogP contribution in [0.4, 0.5) is 0 Å². The highest BCUT2D eigenvalue weighted by molar-refractivity contribution is 5.74. The minimum atomic E-state index is -0.614. The van der Waals surface area contributed by atoms with E-state index in [1.54, 1.807) is 0 Å². The molecule has 1 aliphatic carbocycles. The molecule has 18 heavy (non-hydrogen) atoms. The van der Waals surface area contributed by atoms with Crippen LogP contribution in [0, 0.1) is 11.8 Å². The van der Waals surface area contributed by atoms with Gasteiger partial charge in [0.15, 0.2) is 0 Å². The molecule has 4 heteroatoms. The molecule has 2 aliphatic heterocycles. The predicted octanol–water partition coefficient (Wildman–Crippen LogP) is 1.74. The molecule has 1 saturated carbocycles. The number of ether oxygens (including phenoxy) is 1. The minimum absolute atomic E-state index is 0.223. The van der Waals surface area contributed by atoms with Gasteiger partial charge in [-0.05, 0) is 43.9 Å². The molecule has 0 bridgehead atoms. The molecule has 2 heterocycles. The molecule has 4 atom stereocenters. The Bertz CT molecular complexity index is 314. The lowest BCUT2D eigenvalue weighted by atomic mass is 9.94. The zero-order valence-electron chi connectivity index (χ0n) is 10.9. The largest absolute Gasteiger partial charge is 0.480 e. The van der Waals surface area contributed by atoms with Crippen molar-refractivity contribution < 1.29 is 14.6 Å². The van der Waals surface area contributed by atoms with Crippen LogP contribution in [-0.2, 0) is 9.53 Å². The molecule has 3 fully saturated rings. The second-order valence-electron chi connectivity index (χ2n) is 6.06. The second-order valence-corrected chi connectivity index (χ2v) is 6.06. The second kappa shape index (κ2) is 5.17. The Morgan fingerprint density at radius 3 is 2.89 bits per heavy atom. The number of hydrogen-bond acceptors (Lipinski definition) is 3. The standard InChI is InChI=1S/C14H23NO3/c16-14(17)13-12-5-1-3-10(12)9-15(13)7-6-11-4-2-8-18-11/h10-13H,1-9H2,(H,16,17). The van der Waals surface area contributed by atoms with Crippen LogP contribution in [0.3, 0.4) is 0 Å². The van der Waals surface area contributed by atoms with Crippen molar-refractivity contribution in [3.63, 3.8) is 0 Å². The monoisotopic (exact) mass is 253 g/mol.